The van der Waals surface area contributed by atoms with E-state index in [9.17, 15) is 0 Å². The molecule has 0 fully saturated rings. The summed E-state index contributed by atoms with van der Waals surface area (Å²) in [7, 11) is -12.9. The first-order valence-corrected chi connectivity index (χ1v) is 40.3. The number of rotatable bonds is 16. The average Bonchev–Trinajstić information content (AvgIpc) is 0.850. The Kier molecular flexibility index (Phi) is 33.1. The van der Waals surface area contributed by atoms with Gasteiger partial charge in [0.15, 0.2) is 0 Å². The molecular formula is C78H72Cl2Cu2N4O8P4+4. The van der Waals surface area contributed by atoms with Crippen molar-refractivity contribution in [2.24, 2.45) is 0 Å². The molecule has 0 bridgehead atoms. The minimum atomic E-state index is -4.94. The Morgan fingerprint density at radius 3 is 0.490 bits per heavy atom. The van der Waals surface area contributed by atoms with Crippen molar-refractivity contribution in [3.63, 3.8) is 0 Å². The molecule has 20 heteroatoms. The molecule has 0 saturated heterocycles. The molecule has 0 saturated carbocycles. The van der Waals surface area contributed by atoms with Crippen LogP contribution in [0, 0.1) is 20.5 Å². The third-order valence-corrected chi connectivity index (χ3v) is 27.0. The van der Waals surface area contributed by atoms with Crippen molar-refractivity contribution in [2.45, 2.75) is 12.8 Å². The van der Waals surface area contributed by atoms with E-state index in [1.165, 1.54) is 79.9 Å². The second-order valence-corrected chi connectivity index (χ2v) is 33.7. The van der Waals surface area contributed by atoms with Crippen molar-refractivity contribution in [1.82, 2.24) is 19.9 Å². The van der Waals surface area contributed by atoms with E-state index < -0.39 is 52.2 Å². The topological polar surface area (TPSA) is 236 Å². The summed E-state index contributed by atoms with van der Waals surface area (Å²) in [4.78, 5) is 17.4. The fraction of sp³-hybridized carbons (Fsp3) is 0.0769. The zero-order valence-electron chi connectivity index (χ0n) is 53.0. The van der Waals surface area contributed by atoms with E-state index in [2.05, 4.69) is 311 Å². The van der Waals surface area contributed by atoms with Gasteiger partial charge in [0.25, 0.3) is 0 Å². The van der Waals surface area contributed by atoms with Crippen LogP contribution in [0.5, 0.6) is 0 Å². The summed E-state index contributed by atoms with van der Waals surface area (Å²) in [6.45, 7) is 0. The van der Waals surface area contributed by atoms with Gasteiger partial charge in [-0.3, -0.25) is 19.9 Å². The Labute approximate surface area is 602 Å². The van der Waals surface area contributed by atoms with Gasteiger partial charge in [-0.05, 0) is 121 Å². The molecular weight excluding hydrogens is 1440 g/mol. The largest absolute Gasteiger partial charge is 1.00 e. The molecule has 0 N–H and O–H groups in total. The number of hydrogen-bond donors (Lipinski definition) is 0. The quantitative estimate of drug-likeness (QED) is 0.0592. The monoisotopic (exact) mass is 1510 g/mol. The van der Waals surface area contributed by atoms with Crippen molar-refractivity contribution in [1.29, 1.82) is 0 Å². The van der Waals surface area contributed by atoms with Crippen LogP contribution in [0.1, 0.15) is 12.8 Å². The molecule has 504 valence electrons. The number of pyridine rings is 4. The average molecular weight is 1520 g/mol. The number of nitrogens with zero attached hydrogens (tertiary/aromatic N) is 4. The number of hydrogen-bond acceptors (Lipinski definition) is 12. The van der Waals surface area contributed by atoms with E-state index in [0.29, 0.717) is 0 Å². The van der Waals surface area contributed by atoms with E-state index >= 15 is 0 Å². The van der Waals surface area contributed by atoms with Crippen LogP contribution >= 0.6 is 31.7 Å². The zero-order valence-corrected chi connectivity index (χ0v) is 60.4. The van der Waals surface area contributed by atoms with Gasteiger partial charge in [-0.1, -0.05) is 194 Å². The predicted octanol–water partition coefficient (Wildman–Crippen LogP) is 6.26. The van der Waals surface area contributed by atoms with E-state index in [1.807, 2.05) is 24.3 Å². The van der Waals surface area contributed by atoms with Crippen LogP contribution in [-0.2, 0) is 34.1 Å². The third kappa shape index (κ3) is 25.9. The molecule has 0 amide bonds. The van der Waals surface area contributed by atoms with Gasteiger partial charge >= 0.3 is 34.1 Å². The zero-order chi connectivity index (χ0) is 67.2. The molecule has 0 aliphatic heterocycles. The van der Waals surface area contributed by atoms with Crippen molar-refractivity contribution in [3.8, 4) is 0 Å². The van der Waals surface area contributed by atoms with Gasteiger partial charge in [-0.15, -0.1) is 20.5 Å². The molecule has 14 rings (SSSR count). The van der Waals surface area contributed by atoms with Gasteiger partial charge in [-0.25, -0.2) is 37.3 Å². The molecule has 0 atom stereocenters. The van der Waals surface area contributed by atoms with Crippen molar-refractivity contribution in [2.75, 3.05) is 24.6 Å². The maximum atomic E-state index is 8.49. The van der Waals surface area contributed by atoms with Crippen molar-refractivity contribution in [3.05, 3.63) is 340 Å². The SMILES string of the molecule is [Cu+].[Cu+].[O-][Cl+3]([O-])([O-])[O-].[O-][Cl+3]([O-])([O-])[O-].c1ccc([PH+](CCC[PH+](c2ccccc2)c2ccccc2)c2ccccc2)cc1.c1ccc([PH+](CCC[PH+](c2ccccc2)c2ccccc2)c2ccccc2)cc1.c1cnc2c(c1)ccc1cccnc12.c1cnc2c(c1)ccc1cccnc12. The Balaban J connectivity index is 0.000000181. The summed E-state index contributed by atoms with van der Waals surface area (Å²) >= 11 is 0. The van der Waals surface area contributed by atoms with E-state index in [4.69, 9.17) is 37.3 Å². The van der Waals surface area contributed by atoms with Gasteiger partial charge in [0, 0.05) is 59.2 Å². The first-order valence-electron chi connectivity index (χ1n) is 31.0. The molecule has 10 aromatic carbocycles. The Hall–Kier alpha value is -7.14. The minimum Gasteiger partial charge on any atom is -0.254 e. The summed E-state index contributed by atoms with van der Waals surface area (Å²) in [5, 5.41) is 16.7. The van der Waals surface area contributed by atoms with Crippen LogP contribution < -0.4 is 79.7 Å². The molecule has 4 heterocycles. The van der Waals surface area contributed by atoms with Gasteiger partial charge in [0.2, 0.25) is 0 Å². The first-order chi connectivity index (χ1) is 46.7. The Morgan fingerprint density at radius 1 is 0.204 bits per heavy atom. The van der Waals surface area contributed by atoms with Crippen molar-refractivity contribution < 1.29 is 91.9 Å². The van der Waals surface area contributed by atoms with Gasteiger partial charge in [0.05, 0.1) is 121 Å². The van der Waals surface area contributed by atoms with E-state index in [0.717, 1.165) is 43.6 Å². The van der Waals surface area contributed by atoms with E-state index in [1.54, 1.807) is 24.8 Å². The number of fused-ring (bicyclic) bond motifs is 6. The fourth-order valence-corrected chi connectivity index (χ4v) is 22.4. The van der Waals surface area contributed by atoms with Crippen LogP contribution in [0.2, 0.25) is 0 Å². The summed E-state index contributed by atoms with van der Waals surface area (Å²) < 4.78 is 67.9. The second-order valence-electron chi connectivity index (χ2n) is 21.7. The number of halogens is 2. The maximum absolute atomic E-state index is 8.49. The third-order valence-electron chi connectivity index (χ3n) is 15.4. The molecule has 98 heavy (non-hydrogen) atoms. The van der Waals surface area contributed by atoms with Crippen molar-refractivity contribution >= 4 is 118 Å². The second kappa shape index (κ2) is 41.4. The summed E-state index contributed by atoms with van der Waals surface area (Å²) in [6, 6.07) is 113. The maximum Gasteiger partial charge on any atom is 1.00 e. The molecule has 4 aromatic heterocycles. The van der Waals surface area contributed by atoms with Gasteiger partial charge in [0.1, 0.15) is 0 Å². The normalized spacial score (nSPS) is 10.9. The number of aromatic nitrogens is 4. The first kappa shape index (κ1) is 78.2. The van der Waals surface area contributed by atoms with Gasteiger partial charge < -0.3 is 0 Å². The Bertz CT molecular complexity index is 3790. The molecule has 0 aliphatic rings. The number of benzene rings is 10. The Morgan fingerprint density at radius 2 is 0.347 bits per heavy atom. The molecule has 14 aromatic rings. The van der Waals surface area contributed by atoms with Crippen LogP contribution in [0.15, 0.2) is 340 Å². The summed E-state index contributed by atoms with van der Waals surface area (Å²) in [6.07, 6.45) is 14.9. The van der Waals surface area contributed by atoms with Crippen LogP contribution in [0.25, 0.3) is 43.6 Å². The minimum absolute atomic E-state index is 0. The van der Waals surface area contributed by atoms with E-state index in [-0.39, 0.29) is 34.1 Å². The molecule has 0 unspecified atom stereocenters. The molecule has 0 aliphatic carbocycles. The predicted molar refractivity (Wildman–Crippen MR) is 385 cm³/mol. The van der Waals surface area contributed by atoms with Crippen LogP contribution in [-0.4, -0.2) is 44.6 Å². The summed E-state index contributed by atoms with van der Waals surface area (Å²) in [5.74, 6) is 0. The molecule has 12 nitrogen and oxygen atoms in total. The fourth-order valence-electron chi connectivity index (χ4n) is 11.2. The van der Waals surface area contributed by atoms with Crippen LogP contribution in [0.4, 0.5) is 0 Å². The summed E-state index contributed by atoms with van der Waals surface area (Å²) in [5.41, 5.74) is 3.91. The standard InChI is InChI=1S/2C27H26P2.2C12H8N2.2ClHO4.2Cu/c2*1-5-14-24(15-6-1)28(25-16-7-2-8-17-25)22-13-23-29(26-18-9-3-10-19-26)27-20-11-4-12-21-27;2*1-3-9-5-6-10-4-2-8-14-12(10)11(9)13-7-1;2*2-1(3,4)5;;/h2*1-12,14-21H,13,22-23H2;2*1-8H;2*(H,2,3,4,5);;/q;;;;;;2*+1/p+2. The smallest absolute Gasteiger partial charge is 0.254 e. The van der Waals surface area contributed by atoms with Gasteiger partial charge in [-0.2, -0.15) is 0 Å². The van der Waals surface area contributed by atoms with Crippen LogP contribution in [0.3, 0.4) is 0 Å². The molecule has 0 spiro atoms. The molecule has 0 radical (unpaired) electrons.